The third kappa shape index (κ3) is 3.24. The summed E-state index contributed by atoms with van der Waals surface area (Å²) in [6.07, 6.45) is 4.07. The Balaban J connectivity index is 1.44. The van der Waals surface area contributed by atoms with Gasteiger partial charge in [0.1, 0.15) is 5.69 Å². The first kappa shape index (κ1) is 21.0. The number of aryl methyl sites for hydroxylation is 2. The second kappa shape index (κ2) is 7.57. The summed E-state index contributed by atoms with van der Waals surface area (Å²) < 4.78 is 3.84. The summed E-state index contributed by atoms with van der Waals surface area (Å²) in [4.78, 5) is 5.15. The molecule has 176 valence electrons. The van der Waals surface area contributed by atoms with Crippen LogP contribution in [0.5, 0.6) is 0 Å². The molecule has 7 nitrogen and oxygen atoms in total. The lowest BCUT2D eigenvalue weighted by molar-refractivity contribution is 0.740. The SMILES string of the molecule is Cc1cc(-c2nnc3c4cc(-c5ccccc5)c(-c5ccc(C6(N)CC6)cc5)nc4ccn23)nn1C. The zero-order valence-corrected chi connectivity index (χ0v) is 20.2. The Morgan fingerprint density at radius 3 is 2.36 bits per heavy atom. The quantitative estimate of drug-likeness (QED) is 0.379. The van der Waals surface area contributed by atoms with Crippen LogP contribution in [0.3, 0.4) is 0 Å². The number of rotatable bonds is 4. The maximum Gasteiger partial charge on any atom is 0.188 e. The van der Waals surface area contributed by atoms with Crippen LogP contribution in [0.1, 0.15) is 24.1 Å². The molecule has 1 aliphatic rings. The molecule has 0 saturated heterocycles. The van der Waals surface area contributed by atoms with E-state index in [1.165, 1.54) is 5.56 Å². The monoisotopic (exact) mass is 471 g/mol. The molecule has 2 N–H and O–H groups in total. The average molecular weight is 472 g/mol. The number of aromatic nitrogens is 6. The molecule has 4 heterocycles. The lowest BCUT2D eigenvalue weighted by atomic mass is 9.96. The van der Waals surface area contributed by atoms with E-state index in [-0.39, 0.29) is 5.54 Å². The highest BCUT2D eigenvalue weighted by Crippen LogP contribution is 2.43. The van der Waals surface area contributed by atoms with Gasteiger partial charge in [-0.15, -0.1) is 10.2 Å². The van der Waals surface area contributed by atoms with Gasteiger partial charge in [0.05, 0.1) is 11.2 Å². The molecule has 0 spiro atoms. The second-order valence-electron chi connectivity index (χ2n) is 9.74. The van der Waals surface area contributed by atoms with Crippen molar-refractivity contribution in [3.63, 3.8) is 0 Å². The Morgan fingerprint density at radius 1 is 0.889 bits per heavy atom. The van der Waals surface area contributed by atoms with E-state index in [2.05, 4.69) is 69.9 Å². The first-order chi connectivity index (χ1) is 17.5. The van der Waals surface area contributed by atoms with Gasteiger partial charge >= 0.3 is 0 Å². The smallest absolute Gasteiger partial charge is 0.188 e. The minimum atomic E-state index is -0.152. The summed E-state index contributed by atoms with van der Waals surface area (Å²) in [5, 5.41) is 14.6. The lowest BCUT2D eigenvalue weighted by Gasteiger charge is -2.14. The number of benzene rings is 2. The van der Waals surface area contributed by atoms with E-state index in [0.29, 0.717) is 5.82 Å². The second-order valence-corrected chi connectivity index (χ2v) is 9.74. The van der Waals surface area contributed by atoms with Gasteiger partial charge in [0.2, 0.25) is 0 Å². The molecule has 0 aliphatic heterocycles. The third-order valence-electron chi connectivity index (χ3n) is 7.32. The number of fused-ring (bicyclic) bond motifs is 3. The molecule has 1 fully saturated rings. The van der Waals surface area contributed by atoms with Gasteiger partial charge in [0.15, 0.2) is 11.5 Å². The molecular weight excluding hydrogens is 446 g/mol. The Kier molecular flexibility index (Phi) is 4.41. The van der Waals surface area contributed by atoms with Crippen molar-refractivity contribution in [2.45, 2.75) is 25.3 Å². The molecule has 7 heteroatoms. The molecule has 6 aromatic rings. The molecule has 4 aromatic heterocycles. The average Bonchev–Trinajstić information content (AvgIpc) is 3.37. The first-order valence-electron chi connectivity index (χ1n) is 12.1. The predicted molar refractivity (Wildman–Crippen MR) is 141 cm³/mol. The number of hydrogen-bond acceptors (Lipinski definition) is 5. The van der Waals surface area contributed by atoms with Crippen LogP contribution in [0.25, 0.3) is 50.5 Å². The van der Waals surface area contributed by atoms with Crippen LogP contribution in [0, 0.1) is 6.92 Å². The molecule has 0 unspecified atom stereocenters. The van der Waals surface area contributed by atoms with Crippen molar-refractivity contribution in [1.29, 1.82) is 0 Å². The summed E-state index contributed by atoms with van der Waals surface area (Å²) >= 11 is 0. The van der Waals surface area contributed by atoms with Gasteiger partial charge < -0.3 is 5.73 Å². The summed E-state index contributed by atoms with van der Waals surface area (Å²) in [6.45, 7) is 2.03. The largest absolute Gasteiger partial charge is 0.321 e. The Hall–Kier alpha value is -4.36. The molecule has 0 amide bonds. The third-order valence-corrected chi connectivity index (χ3v) is 7.32. The van der Waals surface area contributed by atoms with Crippen molar-refractivity contribution < 1.29 is 0 Å². The summed E-state index contributed by atoms with van der Waals surface area (Å²) in [5.41, 5.74) is 15.1. The molecule has 2 aromatic carbocycles. The van der Waals surface area contributed by atoms with Gasteiger partial charge in [-0.25, -0.2) is 4.98 Å². The molecule has 1 aliphatic carbocycles. The van der Waals surface area contributed by atoms with E-state index in [0.717, 1.165) is 63.2 Å². The molecule has 7 rings (SSSR count). The topological polar surface area (TPSA) is 86.9 Å². The molecule has 36 heavy (non-hydrogen) atoms. The van der Waals surface area contributed by atoms with Crippen LogP contribution < -0.4 is 5.73 Å². The molecule has 1 saturated carbocycles. The van der Waals surface area contributed by atoms with E-state index in [1.54, 1.807) is 0 Å². The van der Waals surface area contributed by atoms with Gasteiger partial charge in [-0.05, 0) is 49.1 Å². The van der Waals surface area contributed by atoms with E-state index in [4.69, 9.17) is 10.7 Å². The number of pyridine rings is 2. The van der Waals surface area contributed by atoms with Gasteiger partial charge in [-0.1, -0.05) is 54.6 Å². The van der Waals surface area contributed by atoms with E-state index in [9.17, 15) is 0 Å². The van der Waals surface area contributed by atoms with E-state index < -0.39 is 0 Å². The minimum absolute atomic E-state index is 0.152. The molecular formula is C29H25N7. The van der Waals surface area contributed by atoms with E-state index in [1.807, 2.05) is 47.4 Å². The molecule has 0 atom stereocenters. The lowest BCUT2D eigenvalue weighted by Crippen LogP contribution is -2.18. The van der Waals surface area contributed by atoms with Crippen LogP contribution >= 0.6 is 0 Å². The standard InChI is InChI=1S/C29H25N7/c1-18-16-25(34-35(18)2)28-33-32-27-23-17-22(19-6-4-3-5-7-19)26(31-24(23)12-15-36(27)28)20-8-10-21(11-9-20)29(30)13-14-29/h3-12,15-17H,13-14,30H2,1-2H3. The van der Waals surface area contributed by atoms with Crippen molar-refractivity contribution >= 4 is 16.6 Å². The maximum atomic E-state index is 6.42. The van der Waals surface area contributed by atoms with Crippen molar-refractivity contribution in [2.75, 3.05) is 0 Å². The highest BCUT2D eigenvalue weighted by molar-refractivity contribution is 5.98. The van der Waals surface area contributed by atoms with Crippen molar-refractivity contribution in [3.8, 4) is 33.9 Å². The summed E-state index contributed by atoms with van der Waals surface area (Å²) in [5.74, 6) is 0.715. The number of nitrogens with zero attached hydrogens (tertiary/aromatic N) is 6. The zero-order chi connectivity index (χ0) is 24.4. The van der Waals surface area contributed by atoms with Crippen LogP contribution in [0.4, 0.5) is 0 Å². The van der Waals surface area contributed by atoms with Gasteiger partial charge in [-0.3, -0.25) is 9.08 Å². The highest BCUT2D eigenvalue weighted by atomic mass is 15.3. The first-order valence-corrected chi connectivity index (χ1v) is 12.1. The van der Waals surface area contributed by atoms with Crippen molar-refractivity contribution in [2.24, 2.45) is 12.8 Å². The number of hydrogen-bond donors (Lipinski definition) is 1. The summed E-state index contributed by atoms with van der Waals surface area (Å²) in [6, 6.07) is 25.2. The zero-order valence-electron chi connectivity index (χ0n) is 20.2. The van der Waals surface area contributed by atoms with E-state index >= 15 is 0 Å². The van der Waals surface area contributed by atoms with Crippen LogP contribution in [-0.2, 0) is 12.6 Å². The minimum Gasteiger partial charge on any atom is -0.321 e. The van der Waals surface area contributed by atoms with Crippen LogP contribution in [0.15, 0.2) is 79.0 Å². The van der Waals surface area contributed by atoms with Crippen molar-refractivity contribution in [1.82, 2.24) is 29.4 Å². The fourth-order valence-electron chi connectivity index (χ4n) is 4.88. The molecule has 0 bridgehead atoms. The molecule has 0 radical (unpaired) electrons. The fourth-order valence-corrected chi connectivity index (χ4v) is 4.88. The Morgan fingerprint density at radius 2 is 1.67 bits per heavy atom. The highest BCUT2D eigenvalue weighted by Gasteiger charge is 2.39. The van der Waals surface area contributed by atoms with Gasteiger partial charge in [0, 0.05) is 41.0 Å². The van der Waals surface area contributed by atoms with Gasteiger partial charge in [0.25, 0.3) is 0 Å². The Labute approximate surface area is 208 Å². The fraction of sp³-hybridized carbons (Fsp3) is 0.172. The van der Waals surface area contributed by atoms with Gasteiger partial charge in [-0.2, -0.15) is 5.10 Å². The summed E-state index contributed by atoms with van der Waals surface area (Å²) in [7, 11) is 1.93. The maximum absolute atomic E-state index is 6.42. The number of nitrogens with two attached hydrogens (primary N) is 1. The van der Waals surface area contributed by atoms with Crippen molar-refractivity contribution in [3.05, 3.63) is 90.3 Å². The predicted octanol–water partition coefficient (Wildman–Crippen LogP) is 5.27. The Bertz CT molecular complexity index is 1740. The van der Waals surface area contributed by atoms with Crippen LogP contribution in [0.2, 0.25) is 0 Å². The van der Waals surface area contributed by atoms with Crippen LogP contribution in [-0.4, -0.2) is 29.4 Å². The normalized spacial score (nSPS) is 14.5.